The summed E-state index contributed by atoms with van der Waals surface area (Å²) in [5, 5.41) is 5.97. The van der Waals surface area contributed by atoms with Gasteiger partial charge >= 0.3 is 0 Å². The molecule has 0 bridgehead atoms. The summed E-state index contributed by atoms with van der Waals surface area (Å²) in [6.07, 6.45) is 1.55. The number of amides is 1. The van der Waals surface area contributed by atoms with Crippen molar-refractivity contribution < 1.29 is 19.0 Å². The highest BCUT2D eigenvalue weighted by Crippen LogP contribution is 2.32. The van der Waals surface area contributed by atoms with E-state index < -0.39 is 0 Å². The highest BCUT2D eigenvalue weighted by molar-refractivity contribution is 5.92. The fourth-order valence-corrected chi connectivity index (χ4v) is 2.92. The number of ether oxygens (including phenoxy) is 3. The van der Waals surface area contributed by atoms with E-state index in [0.717, 1.165) is 16.9 Å². The number of nitrogens with zero attached hydrogens (tertiary/aromatic N) is 2. The zero-order chi connectivity index (χ0) is 20.1. The van der Waals surface area contributed by atoms with Gasteiger partial charge in [0.25, 0.3) is 5.91 Å². The molecule has 2 N–H and O–H groups in total. The lowest BCUT2D eigenvalue weighted by molar-refractivity contribution is 0.0945. The number of hydrogen-bond acceptors (Lipinski definition) is 7. The van der Waals surface area contributed by atoms with Crippen LogP contribution in [0.1, 0.15) is 21.6 Å². The lowest BCUT2D eigenvalue weighted by Crippen LogP contribution is -2.24. The van der Waals surface area contributed by atoms with Crippen molar-refractivity contribution in [2.45, 2.75) is 13.1 Å². The van der Waals surface area contributed by atoms with Gasteiger partial charge < -0.3 is 24.8 Å². The molecular weight excluding hydrogens is 372 g/mol. The first kappa shape index (κ1) is 18.5. The van der Waals surface area contributed by atoms with Gasteiger partial charge in [0.15, 0.2) is 11.5 Å². The Morgan fingerprint density at radius 1 is 1.10 bits per heavy atom. The molecule has 0 saturated carbocycles. The van der Waals surface area contributed by atoms with E-state index in [1.165, 1.54) is 0 Å². The van der Waals surface area contributed by atoms with Crippen LogP contribution in [-0.4, -0.2) is 29.8 Å². The maximum absolute atomic E-state index is 12.5. The fraction of sp³-hybridized carbons (Fsp3) is 0.190. The zero-order valence-corrected chi connectivity index (χ0v) is 15.8. The van der Waals surface area contributed by atoms with Crippen molar-refractivity contribution in [2.75, 3.05) is 19.2 Å². The molecule has 1 aromatic heterocycles. The summed E-state index contributed by atoms with van der Waals surface area (Å²) >= 11 is 0. The fourth-order valence-electron chi connectivity index (χ4n) is 2.92. The van der Waals surface area contributed by atoms with E-state index in [1.807, 2.05) is 42.5 Å². The van der Waals surface area contributed by atoms with E-state index in [1.54, 1.807) is 19.4 Å². The maximum Gasteiger partial charge on any atom is 0.270 e. The molecule has 0 saturated heterocycles. The highest BCUT2D eigenvalue weighted by Gasteiger charge is 2.14. The molecule has 0 atom stereocenters. The SMILES string of the molecule is COc1ccccc1CNc1nccc(C(=O)NCc2ccc3c(c2)OCO3)n1. The van der Waals surface area contributed by atoms with Gasteiger partial charge in [0.1, 0.15) is 11.4 Å². The second-order valence-electron chi connectivity index (χ2n) is 6.30. The summed E-state index contributed by atoms with van der Waals surface area (Å²) in [4.78, 5) is 20.9. The van der Waals surface area contributed by atoms with E-state index in [4.69, 9.17) is 14.2 Å². The first-order valence-electron chi connectivity index (χ1n) is 9.08. The Morgan fingerprint density at radius 2 is 1.97 bits per heavy atom. The summed E-state index contributed by atoms with van der Waals surface area (Å²) in [6, 6.07) is 14.8. The Labute approximate surface area is 167 Å². The Kier molecular flexibility index (Phi) is 5.42. The number of para-hydroxylation sites is 1. The van der Waals surface area contributed by atoms with E-state index in [-0.39, 0.29) is 18.4 Å². The summed E-state index contributed by atoms with van der Waals surface area (Å²) in [5.41, 5.74) is 2.16. The van der Waals surface area contributed by atoms with Gasteiger partial charge in [0, 0.05) is 24.8 Å². The molecule has 4 rings (SSSR count). The lowest BCUT2D eigenvalue weighted by atomic mass is 10.2. The van der Waals surface area contributed by atoms with Crippen LogP contribution >= 0.6 is 0 Å². The second-order valence-corrected chi connectivity index (χ2v) is 6.30. The van der Waals surface area contributed by atoms with Gasteiger partial charge in [-0.3, -0.25) is 4.79 Å². The number of anilines is 1. The van der Waals surface area contributed by atoms with Crippen LogP contribution in [0.2, 0.25) is 0 Å². The number of nitrogens with one attached hydrogen (secondary N) is 2. The van der Waals surface area contributed by atoms with Crippen LogP contribution in [0.25, 0.3) is 0 Å². The smallest absolute Gasteiger partial charge is 0.270 e. The third kappa shape index (κ3) is 4.37. The predicted molar refractivity (Wildman–Crippen MR) is 106 cm³/mol. The maximum atomic E-state index is 12.5. The number of carbonyl (C=O) groups excluding carboxylic acids is 1. The molecule has 0 aliphatic carbocycles. The molecule has 1 amide bonds. The molecule has 1 aliphatic rings. The van der Waals surface area contributed by atoms with Crippen LogP contribution in [0.15, 0.2) is 54.7 Å². The van der Waals surface area contributed by atoms with Gasteiger partial charge in [-0.2, -0.15) is 0 Å². The quantitative estimate of drug-likeness (QED) is 0.638. The molecule has 29 heavy (non-hydrogen) atoms. The van der Waals surface area contributed by atoms with Crippen LogP contribution in [-0.2, 0) is 13.1 Å². The molecular formula is C21H20N4O4. The van der Waals surface area contributed by atoms with Gasteiger partial charge in [0.05, 0.1) is 7.11 Å². The average molecular weight is 392 g/mol. The van der Waals surface area contributed by atoms with Crippen molar-refractivity contribution in [2.24, 2.45) is 0 Å². The van der Waals surface area contributed by atoms with Gasteiger partial charge in [0.2, 0.25) is 12.7 Å². The minimum absolute atomic E-state index is 0.219. The third-order valence-corrected chi connectivity index (χ3v) is 4.41. The summed E-state index contributed by atoms with van der Waals surface area (Å²) in [7, 11) is 1.63. The molecule has 0 spiro atoms. The van der Waals surface area contributed by atoms with Gasteiger partial charge in [-0.25, -0.2) is 9.97 Å². The third-order valence-electron chi connectivity index (χ3n) is 4.41. The highest BCUT2D eigenvalue weighted by atomic mass is 16.7. The van der Waals surface area contributed by atoms with Crippen LogP contribution in [0.5, 0.6) is 17.2 Å². The number of fused-ring (bicyclic) bond motifs is 1. The van der Waals surface area contributed by atoms with Crippen LogP contribution < -0.4 is 24.8 Å². The number of benzene rings is 2. The summed E-state index contributed by atoms with van der Waals surface area (Å²) in [5.74, 6) is 2.25. The molecule has 2 heterocycles. The van der Waals surface area contributed by atoms with Gasteiger partial charge in [-0.1, -0.05) is 24.3 Å². The minimum atomic E-state index is -0.287. The van der Waals surface area contributed by atoms with Gasteiger partial charge in [-0.05, 0) is 29.8 Å². The molecule has 3 aromatic rings. The molecule has 0 unspecified atom stereocenters. The number of aromatic nitrogens is 2. The first-order valence-corrected chi connectivity index (χ1v) is 9.08. The number of hydrogen-bond donors (Lipinski definition) is 2. The van der Waals surface area contributed by atoms with E-state index in [9.17, 15) is 4.79 Å². The largest absolute Gasteiger partial charge is 0.496 e. The Morgan fingerprint density at radius 3 is 2.86 bits per heavy atom. The molecule has 8 nitrogen and oxygen atoms in total. The molecule has 1 aliphatic heterocycles. The van der Waals surface area contributed by atoms with E-state index in [0.29, 0.717) is 30.5 Å². The normalized spacial score (nSPS) is 11.8. The molecule has 0 fully saturated rings. The summed E-state index contributed by atoms with van der Waals surface area (Å²) in [6.45, 7) is 1.05. The monoisotopic (exact) mass is 392 g/mol. The predicted octanol–water partition coefficient (Wildman–Crippen LogP) is 2.76. The molecule has 8 heteroatoms. The Hall–Kier alpha value is -3.81. The average Bonchev–Trinajstić information content (AvgIpc) is 3.24. The van der Waals surface area contributed by atoms with Crippen molar-refractivity contribution in [1.82, 2.24) is 15.3 Å². The number of methoxy groups -OCH3 is 1. The van der Waals surface area contributed by atoms with Crippen molar-refractivity contribution in [1.29, 1.82) is 0 Å². The standard InChI is InChI=1S/C21H20N4O4/c1-27-17-5-3-2-4-15(17)12-24-21-22-9-8-16(25-21)20(26)23-11-14-6-7-18-19(10-14)29-13-28-18/h2-10H,11-13H2,1H3,(H,23,26)(H,22,24,25). The van der Waals surface area contributed by atoms with E-state index >= 15 is 0 Å². The van der Waals surface area contributed by atoms with E-state index in [2.05, 4.69) is 20.6 Å². The van der Waals surface area contributed by atoms with Crippen molar-refractivity contribution in [3.63, 3.8) is 0 Å². The number of rotatable bonds is 7. The Bertz CT molecular complexity index is 1030. The van der Waals surface area contributed by atoms with Crippen molar-refractivity contribution in [3.05, 3.63) is 71.5 Å². The summed E-state index contributed by atoms with van der Waals surface area (Å²) < 4.78 is 16.0. The second kappa shape index (κ2) is 8.47. The molecule has 2 aromatic carbocycles. The van der Waals surface area contributed by atoms with Crippen LogP contribution in [0, 0.1) is 0 Å². The first-order chi connectivity index (χ1) is 14.2. The van der Waals surface area contributed by atoms with Crippen molar-refractivity contribution >= 4 is 11.9 Å². The molecule has 148 valence electrons. The number of carbonyl (C=O) groups is 1. The topological polar surface area (TPSA) is 94.6 Å². The molecule has 0 radical (unpaired) electrons. The van der Waals surface area contributed by atoms with Gasteiger partial charge in [-0.15, -0.1) is 0 Å². The van der Waals surface area contributed by atoms with Crippen molar-refractivity contribution in [3.8, 4) is 17.2 Å². The lowest BCUT2D eigenvalue weighted by Gasteiger charge is -2.10. The Balaban J connectivity index is 1.37. The van der Waals surface area contributed by atoms with Crippen LogP contribution in [0.3, 0.4) is 0 Å². The zero-order valence-electron chi connectivity index (χ0n) is 15.8. The van der Waals surface area contributed by atoms with Crippen LogP contribution in [0.4, 0.5) is 5.95 Å². The minimum Gasteiger partial charge on any atom is -0.496 e.